The number of aliphatic hydroxyl groups excluding tert-OH is 1. The Hall–Kier alpha value is -2.30. The van der Waals surface area contributed by atoms with E-state index < -0.39 is 88.9 Å². The number of allylic oxidation sites excluding steroid dienone is 4. The number of fused-ring (bicyclic) bond motifs is 5. The van der Waals surface area contributed by atoms with Gasteiger partial charge >= 0.3 is 18.1 Å². The number of carbonyl (C=O) groups is 3. The second kappa shape index (κ2) is 7.11. The number of ketones is 1. The third-order valence-electron chi connectivity index (χ3n) is 8.97. The van der Waals surface area contributed by atoms with Crippen LogP contribution in [0.2, 0.25) is 0 Å². The number of rotatable bonds is 2. The Morgan fingerprint density at radius 3 is 2.35 bits per heavy atom. The van der Waals surface area contributed by atoms with Crippen molar-refractivity contribution in [2.45, 2.75) is 69.8 Å². The average molecular weight is 492 g/mol. The maximum absolute atomic E-state index is 17.0. The normalized spacial score (nSPS) is 47.9. The van der Waals surface area contributed by atoms with E-state index in [4.69, 9.17) is 0 Å². The molecule has 4 aliphatic rings. The first-order valence-corrected chi connectivity index (χ1v) is 11.0. The quantitative estimate of drug-likeness (QED) is 0.452. The zero-order chi connectivity index (χ0) is 25.6. The van der Waals surface area contributed by atoms with E-state index in [1.165, 1.54) is 26.8 Å². The first-order chi connectivity index (χ1) is 15.5. The number of hydrogen-bond donors (Lipinski definition) is 2. The largest absolute Gasteiger partial charge is 0.490 e. The van der Waals surface area contributed by atoms with Gasteiger partial charge in [0.25, 0.3) is 0 Å². The first kappa shape index (κ1) is 24.8. The number of carboxylic acid groups (broad SMARTS) is 1. The van der Waals surface area contributed by atoms with Crippen LogP contribution >= 0.6 is 0 Å². The molecular formula is C23H25F5O6. The van der Waals surface area contributed by atoms with Crippen LogP contribution in [-0.4, -0.2) is 57.7 Å². The molecular weight excluding hydrogens is 467 g/mol. The zero-order valence-electron chi connectivity index (χ0n) is 18.7. The van der Waals surface area contributed by atoms with Gasteiger partial charge in [0.2, 0.25) is 5.60 Å². The fraction of sp³-hybridized carbons (Fsp3) is 0.696. The number of carboxylic acids is 1. The number of aliphatic carboxylic acids is 1. The Balaban J connectivity index is 1.86. The van der Waals surface area contributed by atoms with E-state index in [-0.39, 0.29) is 12.0 Å². The molecule has 0 bridgehead atoms. The molecule has 2 N–H and O–H groups in total. The Morgan fingerprint density at radius 2 is 1.79 bits per heavy atom. The molecule has 0 aliphatic heterocycles. The van der Waals surface area contributed by atoms with Gasteiger partial charge in [0.15, 0.2) is 11.5 Å². The lowest BCUT2D eigenvalue weighted by atomic mass is 9.44. The number of hydrogen-bond acceptors (Lipinski definition) is 5. The lowest BCUT2D eigenvalue weighted by Crippen LogP contribution is -2.71. The van der Waals surface area contributed by atoms with Crippen LogP contribution in [0.1, 0.15) is 40.0 Å². The van der Waals surface area contributed by atoms with Gasteiger partial charge in [0, 0.05) is 22.7 Å². The van der Waals surface area contributed by atoms with Gasteiger partial charge in [-0.3, -0.25) is 4.79 Å². The van der Waals surface area contributed by atoms with Gasteiger partial charge in [-0.05, 0) is 49.8 Å². The van der Waals surface area contributed by atoms with Crippen LogP contribution in [0.3, 0.4) is 0 Å². The first-order valence-electron chi connectivity index (χ1n) is 11.0. The predicted molar refractivity (Wildman–Crippen MR) is 106 cm³/mol. The number of ether oxygens (including phenoxy) is 1. The molecule has 0 heterocycles. The summed E-state index contributed by atoms with van der Waals surface area (Å²) in [6.07, 6.45) is -7.27. The molecule has 34 heavy (non-hydrogen) atoms. The molecule has 6 nitrogen and oxygen atoms in total. The van der Waals surface area contributed by atoms with Gasteiger partial charge in [-0.2, -0.15) is 13.2 Å². The van der Waals surface area contributed by atoms with Crippen molar-refractivity contribution in [2.75, 3.05) is 0 Å². The molecule has 0 radical (unpaired) electrons. The maximum atomic E-state index is 17.0. The molecule has 4 rings (SSSR count). The third-order valence-corrected chi connectivity index (χ3v) is 8.97. The number of aliphatic hydroxyl groups is 1. The predicted octanol–water partition coefficient (Wildman–Crippen LogP) is 3.48. The fourth-order valence-electron chi connectivity index (χ4n) is 7.44. The fourth-order valence-corrected chi connectivity index (χ4v) is 7.44. The Kier molecular flexibility index (Phi) is 5.19. The van der Waals surface area contributed by atoms with E-state index in [2.05, 4.69) is 4.74 Å². The summed E-state index contributed by atoms with van der Waals surface area (Å²) in [4.78, 5) is 36.1. The third kappa shape index (κ3) is 2.79. The van der Waals surface area contributed by atoms with Crippen molar-refractivity contribution in [3.05, 3.63) is 23.8 Å². The van der Waals surface area contributed by atoms with Crippen LogP contribution < -0.4 is 0 Å². The molecule has 0 amide bonds. The Labute approximate surface area is 191 Å². The lowest BCUT2D eigenvalue weighted by Gasteiger charge is -2.62. The molecule has 0 unspecified atom stereocenters. The lowest BCUT2D eigenvalue weighted by molar-refractivity contribution is -0.252. The van der Waals surface area contributed by atoms with E-state index in [1.54, 1.807) is 0 Å². The van der Waals surface area contributed by atoms with Gasteiger partial charge in [0.1, 0.15) is 6.17 Å². The van der Waals surface area contributed by atoms with Crippen LogP contribution in [0.5, 0.6) is 0 Å². The highest BCUT2D eigenvalue weighted by atomic mass is 19.4. The minimum absolute atomic E-state index is 0.138. The molecule has 0 saturated heterocycles. The van der Waals surface area contributed by atoms with Gasteiger partial charge in [-0.15, -0.1) is 0 Å². The molecule has 0 aromatic carbocycles. The summed E-state index contributed by atoms with van der Waals surface area (Å²) < 4.78 is 76.3. The van der Waals surface area contributed by atoms with Crippen molar-refractivity contribution in [3.63, 3.8) is 0 Å². The monoisotopic (exact) mass is 492 g/mol. The number of alkyl halides is 5. The molecule has 4 aliphatic carbocycles. The highest BCUT2D eigenvalue weighted by Crippen LogP contribution is 2.71. The van der Waals surface area contributed by atoms with Crippen molar-refractivity contribution in [1.29, 1.82) is 0 Å². The molecule has 0 aromatic rings. The summed E-state index contributed by atoms with van der Waals surface area (Å²) in [5.74, 6) is -8.62. The molecule has 0 spiro atoms. The molecule has 0 aromatic heterocycles. The van der Waals surface area contributed by atoms with E-state index in [1.807, 2.05) is 0 Å². The summed E-state index contributed by atoms with van der Waals surface area (Å²) in [6, 6.07) is 0. The van der Waals surface area contributed by atoms with Crippen LogP contribution in [0.15, 0.2) is 23.8 Å². The summed E-state index contributed by atoms with van der Waals surface area (Å²) in [6.45, 7) is 3.89. The minimum Gasteiger partial charge on any atom is -0.478 e. The number of halogens is 5. The highest BCUT2D eigenvalue weighted by Gasteiger charge is 2.79. The Bertz CT molecular complexity index is 1020. The molecule has 188 valence electrons. The second-order valence-corrected chi connectivity index (χ2v) is 10.4. The van der Waals surface area contributed by atoms with E-state index in [9.17, 15) is 37.8 Å². The van der Waals surface area contributed by atoms with Crippen molar-refractivity contribution in [2.24, 2.45) is 28.6 Å². The SMILES string of the molecule is C[C@@H]1C[C@H]2[C@@H]3C[C@H](F)C4=CC(=O)C=C[C@]4(C)[C@@]3(F)[C@@H](O)C[C@]2(C)[C@@]1(OC(=O)C(F)(F)F)C(=O)O. The van der Waals surface area contributed by atoms with Gasteiger partial charge in [-0.1, -0.05) is 19.9 Å². The second-order valence-electron chi connectivity index (χ2n) is 10.4. The van der Waals surface area contributed by atoms with Gasteiger partial charge in [-0.25, -0.2) is 18.4 Å². The average Bonchev–Trinajstić information content (AvgIpc) is 2.93. The Morgan fingerprint density at radius 1 is 1.18 bits per heavy atom. The van der Waals surface area contributed by atoms with Gasteiger partial charge in [0.05, 0.1) is 6.10 Å². The summed E-state index contributed by atoms with van der Waals surface area (Å²) in [7, 11) is 0. The van der Waals surface area contributed by atoms with Crippen LogP contribution in [-0.2, 0) is 19.1 Å². The number of carbonyl (C=O) groups excluding carboxylic acids is 2. The molecule has 9 atom stereocenters. The van der Waals surface area contributed by atoms with Crippen LogP contribution in [0, 0.1) is 28.6 Å². The van der Waals surface area contributed by atoms with Crippen LogP contribution in [0.4, 0.5) is 22.0 Å². The zero-order valence-corrected chi connectivity index (χ0v) is 18.7. The summed E-state index contributed by atoms with van der Waals surface area (Å²) >= 11 is 0. The van der Waals surface area contributed by atoms with E-state index in [0.29, 0.717) is 0 Å². The summed E-state index contributed by atoms with van der Waals surface area (Å²) in [5, 5.41) is 21.2. The number of esters is 1. The molecule has 3 fully saturated rings. The van der Waals surface area contributed by atoms with E-state index >= 15 is 8.78 Å². The van der Waals surface area contributed by atoms with Crippen molar-refractivity contribution < 1.29 is 51.3 Å². The minimum atomic E-state index is -5.48. The topological polar surface area (TPSA) is 101 Å². The van der Waals surface area contributed by atoms with Crippen molar-refractivity contribution in [1.82, 2.24) is 0 Å². The highest BCUT2D eigenvalue weighted by molar-refractivity contribution is 6.01. The summed E-state index contributed by atoms with van der Waals surface area (Å²) in [5.41, 5.74) is -8.95. The van der Waals surface area contributed by atoms with Crippen molar-refractivity contribution >= 4 is 17.7 Å². The van der Waals surface area contributed by atoms with E-state index in [0.717, 1.165) is 12.2 Å². The molecule has 3 saturated carbocycles. The standard InChI is InChI=1S/C23H25F5O6/c1-10-6-12-13-8-15(24)14-7-11(29)4-5-19(14,2)21(13,25)16(30)9-20(12,3)22(10,17(31)32)34-18(33)23(26,27)28/h4-5,7,10,12-13,15-16,30H,6,8-9H2,1-3H3,(H,31,32)/t10-,12+,13+,15+,16+,19+,20+,21+,22+/m1/s1. The van der Waals surface area contributed by atoms with Gasteiger partial charge < -0.3 is 14.9 Å². The van der Waals surface area contributed by atoms with Crippen molar-refractivity contribution in [3.8, 4) is 0 Å². The van der Waals surface area contributed by atoms with Crippen LogP contribution in [0.25, 0.3) is 0 Å². The smallest absolute Gasteiger partial charge is 0.478 e. The maximum Gasteiger partial charge on any atom is 0.490 e. The molecule has 11 heteroatoms.